The van der Waals surface area contributed by atoms with E-state index in [4.69, 9.17) is 4.52 Å². The average Bonchev–Trinajstić information content (AvgIpc) is 3.01. The van der Waals surface area contributed by atoms with Gasteiger partial charge in [0.15, 0.2) is 5.69 Å². The topological polar surface area (TPSA) is 58.4 Å². The van der Waals surface area contributed by atoms with Crippen LogP contribution in [0.4, 0.5) is 0 Å². The molecular formula is C17H31N3O2. The molecule has 0 spiro atoms. The summed E-state index contributed by atoms with van der Waals surface area (Å²) >= 11 is 0. The number of hydrogen-bond acceptors (Lipinski definition) is 4. The Bertz CT molecular complexity index is 459. The monoisotopic (exact) mass is 309 g/mol. The van der Waals surface area contributed by atoms with E-state index in [1.54, 1.807) is 6.07 Å². The molecule has 0 bridgehead atoms. The van der Waals surface area contributed by atoms with E-state index in [-0.39, 0.29) is 11.3 Å². The Morgan fingerprint density at radius 1 is 1.36 bits per heavy atom. The number of nitrogens with one attached hydrogen (secondary N) is 1. The number of aryl methyl sites for hydroxylation is 1. The smallest absolute Gasteiger partial charge is 0.273 e. The summed E-state index contributed by atoms with van der Waals surface area (Å²) in [5.41, 5.74) is 0.439. The Labute approximate surface area is 134 Å². The van der Waals surface area contributed by atoms with Crippen LogP contribution < -0.4 is 5.32 Å². The summed E-state index contributed by atoms with van der Waals surface area (Å²) in [5.74, 6) is 0.588. The van der Waals surface area contributed by atoms with Crippen LogP contribution in [0.15, 0.2) is 10.6 Å². The SMILES string of the molecule is CCCN(CC)CC(C)(CC)CNC(=O)c1cc(CC)on1. The second-order valence-electron chi connectivity index (χ2n) is 6.25. The largest absolute Gasteiger partial charge is 0.361 e. The van der Waals surface area contributed by atoms with Crippen molar-refractivity contribution < 1.29 is 9.32 Å². The fourth-order valence-electron chi connectivity index (χ4n) is 2.47. The number of hydrogen-bond donors (Lipinski definition) is 1. The molecule has 1 rings (SSSR count). The Hall–Kier alpha value is -1.36. The van der Waals surface area contributed by atoms with E-state index in [9.17, 15) is 4.79 Å². The Balaban J connectivity index is 2.59. The lowest BCUT2D eigenvalue weighted by Crippen LogP contribution is -2.43. The summed E-state index contributed by atoms with van der Waals surface area (Å²) in [6, 6.07) is 1.72. The standard InChI is InChI=1S/C17H31N3O2/c1-6-10-20(9-4)13-17(5,8-3)12-18-16(21)15-11-14(7-2)22-19-15/h11H,6-10,12-13H2,1-5H3,(H,18,21). The van der Waals surface area contributed by atoms with Crippen molar-refractivity contribution in [3.8, 4) is 0 Å². The second kappa shape index (κ2) is 8.93. The van der Waals surface area contributed by atoms with Crippen LogP contribution in [0.25, 0.3) is 0 Å². The lowest BCUT2D eigenvalue weighted by atomic mass is 9.86. The average molecular weight is 309 g/mol. The zero-order valence-electron chi connectivity index (χ0n) is 14.7. The minimum atomic E-state index is -0.151. The molecule has 0 saturated heterocycles. The Kier molecular flexibility index (Phi) is 7.59. The number of carbonyl (C=O) groups excluding carboxylic acids is 1. The van der Waals surface area contributed by atoms with Crippen LogP contribution in [0.2, 0.25) is 0 Å². The molecule has 0 aliphatic rings. The van der Waals surface area contributed by atoms with Crippen molar-refractivity contribution in [3.05, 3.63) is 17.5 Å². The van der Waals surface area contributed by atoms with Gasteiger partial charge < -0.3 is 14.7 Å². The highest BCUT2D eigenvalue weighted by molar-refractivity contribution is 5.92. The zero-order chi connectivity index (χ0) is 16.6. The van der Waals surface area contributed by atoms with E-state index in [0.717, 1.165) is 44.7 Å². The van der Waals surface area contributed by atoms with Crippen LogP contribution in [-0.2, 0) is 6.42 Å². The van der Waals surface area contributed by atoms with Gasteiger partial charge in [0.1, 0.15) is 5.76 Å². The van der Waals surface area contributed by atoms with Crippen LogP contribution in [0.1, 0.15) is 63.7 Å². The van der Waals surface area contributed by atoms with E-state index < -0.39 is 0 Å². The van der Waals surface area contributed by atoms with E-state index >= 15 is 0 Å². The van der Waals surface area contributed by atoms with Crippen molar-refractivity contribution in [2.45, 2.75) is 53.9 Å². The first-order valence-corrected chi connectivity index (χ1v) is 8.44. The van der Waals surface area contributed by atoms with Crippen LogP contribution in [0.3, 0.4) is 0 Å². The van der Waals surface area contributed by atoms with Crippen molar-refractivity contribution in [2.75, 3.05) is 26.2 Å². The lowest BCUT2D eigenvalue weighted by Gasteiger charge is -2.34. The summed E-state index contributed by atoms with van der Waals surface area (Å²) in [6.07, 6.45) is 2.92. The predicted molar refractivity (Wildman–Crippen MR) is 89.0 cm³/mol. The van der Waals surface area contributed by atoms with Gasteiger partial charge in [-0.05, 0) is 31.3 Å². The minimum absolute atomic E-state index is 0.0676. The van der Waals surface area contributed by atoms with Gasteiger partial charge in [0.2, 0.25) is 0 Å². The fourth-order valence-corrected chi connectivity index (χ4v) is 2.47. The van der Waals surface area contributed by atoms with Crippen molar-refractivity contribution in [1.82, 2.24) is 15.4 Å². The van der Waals surface area contributed by atoms with Crippen molar-refractivity contribution in [1.29, 1.82) is 0 Å². The molecule has 1 atom stereocenters. The third kappa shape index (κ3) is 5.44. The highest BCUT2D eigenvalue weighted by atomic mass is 16.5. The highest BCUT2D eigenvalue weighted by Crippen LogP contribution is 2.22. The lowest BCUT2D eigenvalue weighted by molar-refractivity contribution is 0.0902. The molecule has 1 N–H and O–H groups in total. The Morgan fingerprint density at radius 3 is 2.59 bits per heavy atom. The maximum absolute atomic E-state index is 12.2. The molecule has 22 heavy (non-hydrogen) atoms. The van der Waals surface area contributed by atoms with Gasteiger partial charge >= 0.3 is 0 Å². The van der Waals surface area contributed by atoms with E-state index in [2.05, 4.69) is 43.1 Å². The van der Waals surface area contributed by atoms with Crippen LogP contribution in [0.5, 0.6) is 0 Å². The van der Waals surface area contributed by atoms with Gasteiger partial charge in [-0.2, -0.15) is 0 Å². The molecular weight excluding hydrogens is 278 g/mol. The molecule has 1 aromatic heterocycles. The molecule has 5 nitrogen and oxygen atoms in total. The maximum Gasteiger partial charge on any atom is 0.273 e. The summed E-state index contributed by atoms with van der Waals surface area (Å²) in [7, 11) is 0. The first-order chi connectivity index (χ1) is 10.5. The molecule has 1 amide bonds. The first-order valence-electron chi connectivity index (χ1n) is 8.44. The molecule has 0 aromatic carbocycles. The molecule has 126 valence electrons. The molecule has 0 aliphatic carbocycles. The fraction of sp³-hybridized carbons (Fsp3) is 0.765. The van der Waals surface area contributed by atoms with Gasteiger partial charge in [0, 0.05) is 25.6 Å². The summed E-state index contributed by atoms with van der Waals surface area (Å²) < 4.78 is 5.09. The van der Waals surface area contributed by atoms with Gasteiger partial charge in [-0.3, -0.25) is 4.79 Å². The molecule has 0 saturated carbocycles. The third-order valence-corrected chi connectivity index (χ3v) is 4.26. The van der Waals surface area contributed by atoms with Gasteiger partial charge in [-0.25, -0.2) is 0 Å². The molecule has 1 unspecified atom stereocenters. The summed E-state index contributed by atoms with van der Waals surface area (Å²) in [4.78, 5) is 14.6. The number of rotatable bonds is 10. The number of nitrogens with zero attached hydrogens (tertiary/aromatic N) is 2. The van der Waals surface area contributed by atoms with E-state index in [1.165, 1.54) is 0 Å². The van der Waals surface area contributed by atoms with Crippen molar-refractivity contribution >= 4 is 5.91 Å². The first kappa shape index (κ1) is 18.7. The molecule has 0 radical (unpaired) electrons. The minimum Gasteiger partial charge on any atom is -0.361 e. The van der Waals surface area contributed by atoms with E-state index in [1.807, 2.05) is 6.92 Å². The van der Waals surface area contributed by atoms with Crippen molar-refractivity contribution in [3.63, 3.8) is 0 Å². The third-order valence-electron chi connectivity index (χ3n) is 4.26. The predicted octanol–water partition coefficient (Wildman–Crippen LogP) is 3.12. The zero-order valence-corrected chi connectivity index (χ0v) is 14.7. The molecule has 1 heterocycles. The highest BCUT2D eigenvalue weighted by Gasteiger charge is 2.26. The maximum atomic E-state index is 12.2. The molecule has 0 fully saturated rings. The van der Waals surface area contributed by atoms with Gasteiger partial charge in [-0.1, -0.05) is 39.8 Å². The molecule has 0 aliphatic heterocycles. The van der Waals surface area contributed by atoms with Crippen LogP contribution in [-0.4, -0.2) is 42.1 Å². The van der Waals surface area contributed by atoms with Crippen LogP contribution >= 0.6 is 0 Å². The summed E-state index contributed by atoms with van der Waals surface area (Å²) in [6.45, 7) is 14.6. The molecule has 5 heteroatoms. The number of amides is 1. The number of aromatic nitrogens is 1. The van der Waals surface area contributed by atoms with Gasteiger partial charge in [-0.15, -0.1) is 0 Å². The van der Waals surface area contributed by atoms with E-state index in [0.29, 0.717) is 12.2 Å². The summed E-state index contributed by atoms with van der Waals surface area (Å²) in [5, 5.41) is 6.83. The van der Waals surface area contributed by atoms with Crippen LogP contribution in [0, 0.1) is 5.41 Å². The number of carbonyl (C=O) groups is 1. The normalized spacial score (nSPS) is 14.1. The van der Waals surface area contributed by atoms with Gasteiger partial charge in [0.05, 0.1) is 0 Å². The second-order valence-corrected chi connectivity index (χ2v) is 6.25. The molecule has 1 aromatic rings. The quantitative estimate of drug-likeness (QED) is 0.721. The Morgan fingerprint density at radius 2 is 2.09 bits per heavy atom. The van der Waals surface area contributed by atoms with Crippen molar-refractivity contribution in [2.24, 2.45) is 5.41 Å². The van der Waals surface area contributed by atoms with Gasteiger partial charge in [0.25, 0.3) is 5.91 Å².